The van der Waals surface area contributed by atoms with Crippen molar-refractivity contribution in [2.45, 2.75) is 39.7 Å². The minimum atomic E-state index is -0.744. The van der Waals surface area contributed by atoms with Gasteiger partial charge >= 0.3 is 0 Å². The van der Waals surface area contributed by atoms with Crippen LogP contribution in [0.2, 0.25) is 0 Å². The van der Waals surface area contributed by atoms with Crippen LogP contribution in [0.25, 0.3) is 0 Å². The van der Waals surface area contributed by atoms with Crippen molar-refractivity contribution >= 4 is 5.91 Å². The molecule has 0 aliphatic rings. The van der Waals surface area contributed by atoms with Gasteiger partial charge in [-0.1, -0.05) is 13.8 Å². The second kappa shape index (κ2) is 6.42. The number of pyridine rings is 1. The van der Waals surface area contributed by atoms with Crippen LogP contribution in [0.1, 0.15) is 45.3 Å². The first-order valence-electron chi connectivity index (χ1n) is 6.00. The van der Waals surface area contributed by atoms with E-state index in [-0.39, 0.29) is 11.6 Å². The number of rotatable bonds is 5. The summed E-state index contributed by atoms with van der Waals surface area (Å²) in [7, 11) is 0. The quantitative estimate of drug-likeness (QED) is 0.880. The van der Waals surface area contributed by atoms with Gasteiger partial charge in [-0.3, -0.25) is 9.78 Å². The molecule has 0 saturated heterocycles. The van der Waals surface area contributed by atoms with Gasteiger partial charge in [0.1, 0.15) is 11.6 Å². The van der Waals surface area contributed by atoms with E-state index in [1.807, 2.05) is 13.8 Å². The normalized spacial score (nSPS) is 12.6. The molecule has 1 rings (SSSR count). The summed E-state index contributed by atoms with van der Waals surface area (Å²) in [6, 6.07) is 0.198. The highest BCUT2D eigenvalue weighted by atomic mass is 19.1. The van der Waals surface area contributed by atoms with Crippen LogP contribution in [0.4, 0.5) is 8.78 Å². The van der Waals surface area contributed by atoms with E-state index < -0.39 is 17.7 Å². The molecule has 0 bridgehead atoms. The zero-order valence-electron chi connectivity index (χ0n) is 10.8. The molecule has 0 saturated carbocycles. The van der Waals surface area contributed by atoms with Crippen LogP contribution < -0.4 is 5.32 Å². The van der Waals surface area contributed by atoms with E-state index >= 15 is 0 Å². The molecule has 0 radical (unpaired) electrons. The van der Waals surface area contributed by atoms with Gasteiger partial charge in [0.25, 0.3) is 0 Å². The third-order valence-electron chi connectivity index (χ3n) is 2.57. The molecule has 0 aliphatic heterocycles. The minimum absolute atomic E-state index is 0.0503. The lowest BCUT2D eigenvalue weighted by molar-refractivity contribution is -0.122. The zero-order chi connectivity index (χ0) is 13.7. The van der Waals surface area contributed by atoms with E-state index in [0.717, 1.165) is 18.7 Å². The Morgan fingerprint density at radius 2 is 2.06 bits per heavy atom. The molecule has 1 aromatic rings. The van der Waals surface area contributed by atoms with Gasteiger partial charge in [-0.2, -0.15) is 0 Å². The molecule has 5 heteroatoms. The monoisotopic (exact) mass is 256 g/mol. The van der Waals surface area contributed by atoms with Crippen LogP contribution in [0.15, 0.2) is 12.3 Å². The third kappa shape index (κ3) is 4.39. The van der Waals surface area contributed by atoms with Crippen molar-refractivity contribution in [2.24, 2.45) is 5.92 Å². The lowest BCUT2D eigenvalue weighted by Gasteiger charge is -2.14. The summed E-state index contributed by atoms with van der Waals surface area (Å²) in [6.07, 6.45) is 2.11. The van der Waals surface area contributed by atoms with Crippen molar-refractivity contribution in [1.82, 2.24) is 10.3 Å². The molecule has 1 atom stereocenters. The Kier molecular flexibility index (Phi) is 5.19. The van der Waals surface area contributed by atoms with Gasteiger partial charge in [-0.25, -0.2) is 8.78 Å². The molecule has 18 heavy (non-hydrogen) atoms. The fourth-order valence-electron chi connectivity index (χ4n) is 1.55. The van der Waals surface area contributed by atoms with E-state index in [1.165, 1.54) is 0 Å². The Labute approximate surface area is 106 Å². The zero-order valence-corrected chi connectivity index (χ0v) is 10.8. The maximum absolute atomic E-state index is 13.4. The van der Waals surface area contributed by atoms with Crippen molar-refractivity contribution in [1.29, 1.82) is 0 Å². The first-order chi connectivity index (χ1) is 8.40. The van der Waals surface area contributed by atoms with Crippen molar-refractivity contribution in [2.75, 3.05) is 0 Å². The highest BCUT2D eigenvalue weighted by molar-refractivity contribution is 5.76. The van der Waals surface area contributed by atoms with Gasteiger partial charge in [0, 0.05) is 12.5 Å². The predicted octanol–water partition coefficient (Wildman–Crippen LogP) is 2.97. The largest absolute Gasteiger partial charge is 0.348 e. The standard InChI is InChI=1S/C13H18F2N2O/c1-8(2)4-5-12(18)17-9(3)13-11(15)6-10(14)7-16-13/h6-9H,4-5H2,1-3H3,(H,17,18)/t9-/m0/s1. The highest BCUT2D eigenvalue weighted by Gasteiger charge is 2.15. The number of carbonyl (C=O) groups excluding carboxylic acids is 1. The van der Waals surface area contributed by atoms with Crippen molar-refractivity contribution in [3.63, 3.8) is 0 Å². The average molecular weight is 256 g/mol. The van der Waals surface area contributed by atoms with Crippen LogP contribution in [0.5, 0.6) is 0 Å². The van der Waals surface area contributed by atoms with E-state index in [1.54, 1.807) is 6.92 Å². The summed E-state index contributed by atoms with van der Waals surface area (Å²) >= 11 is 0. The Morgan fingerprint density at radius 3 is 2.61 bits per heavy atom. The lowest BCUT2D eigenvalue weighted by atomic mass is 10.1. The fourth-order valence-corrected chi connectivity index (χ4v) is 1.55. The second-order valence-corrected chi connectivity index (χ2v) is 4.74. The van der Waals surface area contributed by atoms with Gasteiger partial charge in [0.15, 0.2) is 0 Å². The number of carbonyl (C=O) groups is 1. The van der Waals surface area contributed by atoms with Crippen molar-refractivity contribution in [3.8, 4) is 0 Å². The fraction of sp³-hybridized carbons (Fsp3) is 0.538. The molecule has 3 nitrogen and oxygen atoms in total. The Morgan fingerprint density at radius 1 is 1.39 bits per heavy atom. The summed E-state index contributed by atoms with van der Waals surface area (Å²) in [5.41, 5.74) is 0.0503. The molecule has 0 aliphatic carbocycles. The first-order valence-corrected chi connectivity index (χ1v) is 6.00. The van der Waals surface area contributed by atoms with Crippen LogP contribution in [0.3, 0.4) is 0 Å². The summed E-state index contributed by atoms with van der Waals surface area (Å²) in [5.74, 6) is -1.19. The van der Waals surface area contributed by atoms with Crippen molar-refractivity contribution < 1.29 is 13.6 Å². The van der Waals surface area contributed by atoms with Crippen LogP contribution >= 0.6 is 0 Å². The summed E-state index contributed by atoms with van der Waals surface area (Å²) in [5, 5.41) is 2.65. The Bertz CT molecular complexity index is 421. The van der Waals surface area contributed by atoms with E-state index in [9.17, 15) is 13.6 Å². The number of nitrogens with one attached hydrogen (secondary N) is 1. The number of halogens is 2. The number of hydrogen-bond donors (Lipinski definition) is 1. The molecule has 0 aromatic carbocycles. The molecular weight excluding hydrogens is 238 g/mol. The number of aromatic nitrogens is 1. The maximum atomic E-state index is 13.4. The molecule has 1 aromatic heterocycles. The van der Waals surface area contributed by atoms with Gasteiger partial charge in [0.2, 0.25) is 5.91 Å². The van der Waals surface area contributed by atoms with Crippen LogP contribution in [0, 0.1) is 17.6 Å². The predicted molar refractivity (Wildman–Crippen MR) is 64.8 cm³/mol. The molecule has 1 heterocycles. The topological polar surface area (TPSA) is 42.0 Å². The number of nitrogens with zero attached hydrogens (tertiary/aromatic N) is 1. The molecule has 0 fully saturated rings. The lowest BCUT2D eigenvalue weighted by Crippen LogP contribution is -2.28. The SMILES string of the molecule is CC(C)CCC(=O)N[C@@H](C)c1ncc(F)cc1F. The number of amides is 1. The van der Waals surface area contributed by atoms with E-state index in [2.05, 4.69) is 10.3 Å². The third-order valence-corrected chi connectivity index (χ3v) is 2.57. The van der Waals surface area contributed by atoms with E-state index in [4.69, 9.17) is 0 Å². The van der Waals surface area contributed by atoms with Gasteiger partial charge in [-0.15, -0.1) is 0 Å². The smallest absolute Gasteiger partial charge is 0.220 e. The summed E-state index contributed by atoms with van der Waals surface area (Å²) < 4.78 is 26.1. The molecule has 1 amide bonds. The molecule has 0 unspecified atom stereocenters. The molecular formula is C13H18F2N2O. The van der Waals surface area contributed by atoms with Gasteiger partial charge in [-0.05, 0) is 19.3 Å². The highest BCUT2D eigenvalue weighted by Crippen LogP contribution is 2.15. The molecule has 0 spiro atoms. The minimum Gasteiger partial charge on any atom is -0.348 e. The summed E-state index contributed by atoms with van der Waals surface area (Å²) in [6.45, 7) is 5.67. The maximum Gasteiger partial charge on any atom is 0.220 e. The molecule has 1 N–H and O–H groups in total. The average Bonchev–Trinajstić information content (AvgIpc) is 2.26. The Hall–Kier alpha value is -1.52. The first kappa shape index (κ1) is 14.5. The number of hydrogen-bond acceptors (Lipinski definition) is 2. The van der Waals surface area contributed by atoms with Crippen molar-refractivity contribution in [3.05, 3.63) is 29.6 Å². The summed E-state index contributed by atoms with van der Waals surface area (Å²) in [4.78, 5) is 15.2. The van der Waals surface area contributed by atoms with E-state index in [0.29, 0.717) is 12.3 Å². The second-order valence-electron chi connectivity index (χ2n) is 4.74. The van der Waals surface area contributed by atoms with Gasteiger partial charge in [0.05, 0.1) is 17.9 Å². The van der Waals surface area contributed by atoms with Crippen LogP contribution in [-0.2, 0) is 4.79 Å². The Balaban J connectivity index is 2.59. The van der Waals surface area contributed by atoms with Gasteiger partial charge < -0.3 is 5.32 Å². The molecule has 100 valence electrons. The van der Waals surface area contributed by atoms with Crippen LogP contribution in [-0.4, -0.2) is 10.9 Å².